The fraction of sp³-hybridized carbons (Fsp3) is 0.211. The van der Waals surface area contributed by atoms with Crippen LogP contribution in [0.5, 0.6) is 0 Å². The molecule has 136 valence electrons. The van der Waals surface area contributed by atoms with E-state index in [4.69, 9.17) is 16.3 Å². The molecule has 0 aliphatic carbocycles. The van der Waals surface area contributed by atoms with Gasteiger partial charge in [-0.2, -0.15) is 0 Å². The highest BCUT2D eigenvalue weighted by Gasteiger charge is 2.19. The summed E-state index contributed by atoms with van der Waals surface area (Å²) >= 11 is 5.98. The maximum Gasteiger partial charge on any atom is 0.311 e. The van der Waals surface area contributed by atoms with Crippen molar-refractivity contribution in [2.75, 3.05) is 10.6 Å². The lowest BCUT2D eigenvalue weighted by atomic mass is 10.1. The number of carbonyl (C=O) groups excluding carboxylic acids is 3. The molecule has 0 heterocycles. The third-order valence-electron chi connectivity index (χ3n) is 3.43. The molecule has 0 saturated heterocycles. The molecule has 0 saturated carbocycles. The summed E-state index contributed by atoms with van der Waals surface area (Å²) < 4.78 is 5.16. The minimum Gasteiger partial charge on any atom is -0.452 e. The van der Waals surface area contributed by atoms with E-state index in [1.165, 1.54) is 13.8 Å². The number of benzene rings is 2. The number of amides is 2. The standard InChI is InChI=1S/C19H19ClN2O4/c1-12(19(25)22-17-6-4-3-5-16(17)20)26-18(24)11-14-7-9-15(10-8-14)21-13(2)23/h3-10,12H,11H2,1-2H3,(H,21,23)(H,22,25)/t12-/m1/s1. The topological polar surface area (TPSA) is 84.5 Å². The van der Waals surface area contributed by atoms with Crippen molar-refractivity contribution in [1.82, 2.24) is 0 Å². The van der Waals surface area contributed by atoms with Gasteiger partial charge in [-0.1, -0.05) is 35.9 Å². The van der Waals surface area contributed by atoms with E-state index in [1.807, 2.05) is 0 Å². The first kappa shape index (κ1) is 19.5. The Bertz CT molecular complexity index is 805. The molecule has 0 radical (unpaired) electrons. The Balaban J connectivity index is 1.87. The Morgan fingerprint density at radius 1 is 1.04 bits per heavy atom. The van der Waals surface area contributed by atoms with Gasteiger partial charge < -0.3 is 15.4 Å². The molecule has 2 N–H and O–H groups in total. The normalized spacial score (nSPS) is 11.3. The Morgan fingerprint density at radius 3 is 2.31 bits per heavy atom. The first-order valence-corrected chi connectivity index (χ1v) is 8.34. The summed E-state index contributed by atoms with van der Waals surface area (Å²) in [7, 11) is 0. The number of nitrogens with one attached hydrogen (secondary N) is 2. The minimum absolute atomic E-state index is 0.0179. The fourth-order valence-electron chi connectivity index (χ4n) is 2.17. The van der Waals surface area contributed by atoms with Crippen LogP contribution in [0.1, 0.15) is 19.4 Å². The SMILES string of the molecule is CC(=O)Nc1ccc(CC(=O)O[C@H](C)C(=O)Nc2ccccc2Cl)cc1. The maximum atomic E-state index is 12.1. The molecule has 0 fully saturated rings. The molecule has 2 aromatic rings. The lowest BCUT2D eigenvalue weighted by Crippen LogP contribution is -2.30. The molecule has 6 nitrogen and oxygen atoms in total. The average molecular weight is 375 g/mol. The smallest absolute Gasteiger partial charge is 0.311 e. The Kier molecular flexibility index (Phi) is 6.74. The third-order valence-corrected chi connectivity index (χ3v) is 3.76. The first-order valence-electron chi connectivity index (χ1n) is 7.96. The number of hydrogen-bond donors (Lipinski definition) is 2. The molecular formula is C19H19ClN2O4. The van der Waals surface area contributed by atoms with Crippen molar-refractivity contribution in [1.29, 1.82) is 0 Å². The van der Waals surface area contributed by atoms with Gasteiger partial charge in [-0.05, 0) is 36.8 Å². The molecule has 7 heteroatoms. The number of hydrogen-bond acceptors (Lipinski definition) is 4. The summed E-state index contributed by atoms with van der Waals surface area (Å²) in [6.45, 7) is 2.91. The van der Waals surface area contributed by atoms with E-state index in [0.717, 1.165) is 0 Å². The van der Waals surface area contributed by atoms with Crippen molar-refractivity contribution < 1.29 is 19.1 Å². The molecule has 26 heavy (non-hydrogen) atoms. The highest BCUT2D eigenvalue weighted by Crippen LogP contribution is 2.20. The lowest BCUT2D eigenvalue weighted by molar-refractivity contribution is -0.152. The van der Waals surface area contributed by atoms with Crippen molar-refractivity contribution in [3.8, 4) is 0 Å². The molecule has 2 amide bonds. The monoisotopic (exact) mass is 374 g/mol. The van der Waals surface area contributed by atoms with Crippen molar-refractivity contribution in [2.24, 2.45) is 0 Å². The quantitative estimate of drug-likeness (QED) is 0.759. The van der Waals surface area contributed by atoms with Crippen molar-refractivity contribution in [3.63, 3.8) is 0 Å². The average Bonchev–Trinajstić information content (AvgIpc) is 2.58. The molecule has 0 unspecified atom stereocenters. The lowest BCUT2D eigenvalue weighted by Gasteiger charge is -2.14. The summed E-state index contributed by atoms with van der Waals surface area (Å²) in [4.78, 5) is 35.1. The zero-order valence-corrected chi connectivity index (χ0v) is 15.2. The van der Waals surface area contributed by atoms with Crippen molar-refractivity contribution in [3.05, 3.63) is 59.1 Å². The van der Waals surface area contributed by atoms with E-state index in [9.17, 15) is 14.4 Å². The number of halogens is 1. The van der Waals surface area contributed by atoms with Crippen LogP contribution < -0.4 is 10.6 Å². The predicted octanol–water partition coefficient (Wildman–Crippen LogP) is 3.41. The maximum absolute atomic E-state index is 12.1. The second-order valence-electron chi connectivity index (χ2n) is 5.66. The van der Waals surface area contributed by atoms with Gasteiger partial charge in [0, 0.05) is 12.6 Å². The number of para-hydroxylation sites is 1. The van der Waals surface area contributed by atoms with E-state index >= 15 is 0 Å². The molecule has 0 bridgehead atoms. The Morgan fingerprint density at radius 2 is 1.69 bits per heavy atom. The van der Waals surface area contributed by atoms with E-state index in [0.29, 0.717) is 22.0 Å². The number of esters is 1. The van der Waals surface area contributed by atoms with Crippen molar-refractivity contribution in [2.45, 2.75) is 26.4 Å². The minimum atomic E-state index is -0.961. The molecule has 2 aromatic carbocycles. The van der Waals surface area contributed by atoms with Gasteiger partial charge in [0.2, 0.25) is 5.91 Å². The summed E-state index contributed by atoms with van der Waals surface area (Å²) in [5.74, 6) is -1.16. The predicted molar refractivity (Wildman–Crippen MR) is 100 cm³/mol. The van der Waals surface area contributed by atoms with Crippen LogP contribution in [0.4, 0.5) is 11.4 Å². The van der Waals surface area contributed by atoms with Crippen molar-refractivity contribution >= 4 is 40.8 Å². The Labute approximate surface area is 156 Å². The van der Waals surface area contributed by atoms with Crippen LogP contribution in [0.15, 0.2) is 48.5 Å². The van der Waals surface area contributed by atoms with Crippen LogP contribution in [-0.2, 0) is 25.5 Å². The van der Waals surface area contributed by atoms with Crippen LogP contribution in [0.3, 0.4) is 0 Å². The number of carbonyl (C=O) groups is 3. The molecule has 1 atom stereocenters. The van der Waals surface area contributed by atoms with Crippen LogP contribution in [0.25, 0.3) is 0 Å². The summed E-state index contributed by atoms with van der Waals surface area (Å²) in [5.41, 5.74) is 1.81. The molecule has 0 aromatic heterocycles. The van der Waals surface area contributed by atoms with Crippen LogP contribution in [0, 0.1) is 0 Å². The van der Waals surface area contributed by atoms with Gasteiger partial charge in [-0.3, -0.25) is 14.4 Å². The summed E-state index contributed by atoms with van der Waals surface area (Å²) in [6.07, 6.45) is -0.943. The van der Waals surface area contributed by atoms with Gasteiger partial charge in [0.1, 0.15) is 0 Å². The van der Waals surface area contributed by atoms with Gasteiger partial charge >= 0.3 is 5.97 Å². The van der Waals surface area contributed by atoms with Gasteiger partial charge in [0.25, 0.3) is 5.91 Å². The zero-order chi connectivity index (χ0) is 19.1. The molecule has 2 rings (SSSR count). The molecule has 0 spiro atoms. The van der Waals surface area contributed by atoms with E-state index in [1.54, 1.807) is 48.5 Å². The largest absolute Gasteiger partial charge is 0.452 e. The second-order valence-corrected chi connectivity index (χ2v) is 6.06. The number of ether oxygens (including phenoxy) is 1. The molecule has 0 aliphatic rings. The van der Waals surface area contributed by atoms with Crippen LogP contribution >= 0.6 is 11.6 Å². The number of anilines is 2. The number of rotatable bonds is 6. The van der Waals surface area contributed by atoms with Gasteiger partial charge in [0.15, 0.2) is 6.10 Å². The molecule has 0 aliphatic heterocycles. The van der Waals surface area contributed by atoms with E-state index in [2.05, 4.69) is 10.6 Å². The van der Waals surface area contributed by atoms with E-state index < -0.39 is 18.0 Å². The summed E-state index contributed by atoms with van der Waals surface area (Å²) in [6, 6.07) is 13.6. The first-order chi connectivity index (χ1) is 12.3. The van der Waals surface area contributed by atoms with Crippen LogP contribution in [-0.4, -0.2) is 23.9 Å². The Hall–Kier alpha value is -2.86. The zero-order valence-electron chi connectivity index (χ0n) is 14.4. The van der Waals surface area contributed by atoms with Crippen LogP contribution in [0.2, 0.25) is 5.02 Å². The highest BCUT2D eigenvalue weighted by molar-refractivity contribution is 6.33. The highest BCUT2D eigenvalue weighted by atomic mass is 35.5. The van der Waals surface area contributed by atoms with Gasteiger partial charge in [-0.15, -0.1) is 0 Å². The fourth-order valence-corrected chi connectivity index (χ4v) is 2.35. The summed E-state index contributed by atoms with van der Waals surface area (Å²) in [5, 5.41) is 5.66. The molecular weight excluding hydrogens is 356 g/mol. The van der Waals surface area contributed by atoms with Gasteiger partial charge in [0.05, 0.1) is 17.1 Å². The van der Waals surface area contributed by atoms with E-state index in [-0.39, 0.29) is 12.3 Å². The van der Waals surface area contributed by atoms with Gasteiger partial charge in [-0.25, -0.2) is 0 Å². The second kappa shape index (κ2) is 9.01. The third kappa shape index (κ3) is 5.89.